The van der Waals surface area contributed by atoms with Gasteiger partial charge in [0.15, 0.2) is 0 Å². The van der Waals surface area contributed by atoms with E-state index in [-0.39, 0.29) is 6.42 Å². The van der Waals surface area contributed by atoms with Crippen LogP contribution >= 0.6 is 0 Å². The normalized spacial score (nSPS) is 9.56. The van der Waals surface area contributed by atoms with Crippen molar-refractivity contribution in [2.24, 2.45) is 0 Å². The zero-order valence-electron chi connectivity index (χ0n) is 5.15. The third kappa shape index (κ3) is 18.8. The second-order valence-corrected chi connectivity index (χ2v) is 1.52. The van der Waals surface area contributed by atoms with E-state index in [1.807, 2.05) is 0 Å². The van der Waals surface area contributed by atoms with Crippen molar-refractivity contribution in [3.05, 3.63) is 0 Å². The van der Waals surface area contributed by atoms with Gasteiger partial charge in [0, 0.05) is 17.2 Å². The maximum atomic E-state index is 8.13. The lowest BCUT2D eigenvalue weighted by atomic mass is 10.3. The number of nitrogens with zero attached hydrogens (tertiary/aromatic N) is 2. The molecule has 0 aromatic rings. The van der Waals surface area contributed by atoms with E-state index in [4.69, 9.17) is 26.1 Å². The van der Waals surface area contributed by atoms with Gasteiger partial charge >= 0.3 is 0 Å². The Balaban J connectivity index is 0. The van der Waals surface area contributed by atoms with Gasteiger partial charge in [0.05, 0.1) is 0 Å². The molecule has 0 heterocycles. The van der Waals surface area contributed by atoms with Crippen LogP contribution in [0, 0.1) is 10.8 Å². The molecule has 54 valence electrons. The number of hydrogen-bond acceptors (Lipinski definition) is 5. The van der Waals surface area contributed by atoms with Crippen LogP contribution in [0.15, 0.2) is 0 Å². The molecule has 3 N–H and O–H groups in total. The Morgan fingerprint density at radius 2 is 1.56 bits per heavy atom. The molecule has 0 aliphatic carbocycles. The van der Waals surface area contributed by atoms with E-state index in [2.05, 4.69) is 0 Å². The van der Waals surface area contributed by atoms with Gasteiger partial charge in [0.1, 0.15) is 0 Å². The van der Waals surface area contributed by atoms with E-state index in [1.54, 1.807) is 6.92 Å². The quantitative estimate of drug-likeness (QED) is 0.346. The summed E-state index contributed by atoms with van der Waals surface area (Å²) in [5.41, 5.74) is 0. The number of rotatable bonds is 2. The number of aliphatic hydroxyl groups is 3. The molecule has 0 aromatic heterocycles. The lowest BCUT2D eigenvalue weighted by Crippen LogP contribution is -2.26. The molecule has 0 atom stereocenters. The molecule has 0 aliphatic rings. The van der Waals surface area contributed by atoms with Gasteiger partial charge in [-0.2, -0.15) is 0 Å². The van der Waals surface area contributed by atoms with Crippen LogP contribution in [-0.4, -0.2) is 21.3 Å². The third-order valence-corrected chi connectivity index (χ3v) is 0.585. The minimum absolute atomic E-state index is 0.00694. The molecule has 0 rings (SSSR count). The predicted molar refractivity (Wildman–Crippen MR) is 27.7 cm³/mol. The second-order valence-electron chi connectivity index (χ2n) is 1.52. The largest absolute Gasteiger partial charge is 0.344 e. The molecule has 0 bridgehead atoms. The fraction of sp³-hybridized carbons (Fsp3) is 1.00. The first-order chi connectivity index (χ1) is 4.06. The first-order valence-electron chi connectivity index (χ1n) is 2.43. The molecule has 5 heteroatoms. The summed E-state index contributed by atoms with van der Waals surface area (Å²) in [6, 6.07) is 0. The highest BCUT2D eigenvalue weighted by atomic mass is 16.7. The molecule has 0 unspecified atom stereocenters. The van der Waals surface area contributed by atoms with Gasteiger partial charge in [-0.1, -0.05) is 6.92 Å². The number of hydrogen-bond donors (Lipinski definition) is 3. The smallest absolute Gasteiger partial charge is 0.275 e. The van der Waals surface area contributed by atoms with Crippen molar-refractivity contribution in [1.82, 2.24) is 0 Å². The predicted octanol–water partition coefficient (Wildman–Crippen LogP) is -0.553. The third-order valence-electron chi connectivity index (χ3n) is 0.585. The van der Waals surface area contributed by atoms with E-state index in [9.17, 15) is 0 Å². The SMILES string of the molecule is CCCC(O)(O)O.N#N. The van der Waals surface area contributed by atoms with Crippen molar-refractivity contribution >= 4 is 0 Å². The van der Waals surface area contributed by atoms with E-state index >= 15 is 0 Å². The molecule has 0 spiro atoms. The summed E-state index contributed by atoms with van der Waals surface area (Å²) in [7, 11) is 0. The van der Waals surface area contributed by atoms with E-state index in [1.165, 1.54) is 0 Å². The summed E-state index contributed by atoms with van der Waals surface area (Å²) >= 11 is 0. The monoisotopic (exact) mass is 134 g/mol. The maximum Gasteiger partial charge on any atom is 0.275 e. The van der Waals surface area contributed by atoms with Crippen LogP contribution in [-0.2, 0) is 0 Å². The summed E-state index contributed by atoms with van der Waals surface area (Å²) in [6.07, 6.45) is 0.566. The zero-order valence-corrected chi connectivity index (χ0v) is 5.15. The van der Waals surface area contributed by atoms with Crippen molar-refractivity contribution in [3.63, 3.8) is 0 Å². The zero-order chi connectivity index (χ0) is 7.91. The first-order valence-corrected chi connectivity index (χ1v) is 2.43. The van der Waals surface area contributed by atoms with Crippen LogP contribution in [0.4, 0.5) is 0 Å². The van der Waals surface area contributed by atoms with Crippen LogP contribution in [0.25, 0.3) is 0 Å². The van der Waals surface area contributed by atoms with Crippen molar-refractivity contribution in [1.29, 1.82) is 10.8 Å². The minimum Gasteiger partial charge on any atom is -0.344 e. The molecule has 0 aliphatic heterocycles. The van der Waals surface area contributed by atoms with Gasteiger partial charge in [0.2, 0.25) is 0 Å². The van der Waals surface area contributed by atoms with Crippen LogP contribution in [0.5, 0.6) is 0 Å². The van der Waals surface area contributed by atoms with Crippen molar-refractivity contribution in [2.75, 3.05) is 0 Å². The fourth-order valence-corrected chi connectivity index (χ4v) is 0.335. The molecule has 0 fully saturated rings. The fourth-order valence-electron chi connectivity index (χ4n) is 0.335. The van der Waals surface area contributed by atoms with Gasteiger partial charge in [-0.25, -0.2) is 0 Å². The van der Waals surface area contributed by atoms with Crippen LogP contribution in [0.1, 0.15) is 19.8 Å². The molecule has 0 saturated carbocycles. The van der Waals surface area contributed by atoms with Gasteiger partial charge in [-0.3, -0.25) is 0 Å². The molecule has 5 nitrogen and oxygen atoms in total. The topological polar surface area (TPSA) is 108 Å². The second kappa shape index (κ2) is 5.44. The molecular formula is C4H10N2O3. The van der Waals surface area contributed by atoms with Crippen molar-refractivity contribution < 1.29 is 15.3 Å². The van der Waals surface area contributed by atoms with Gasteiger partial charge < -0.3 is 15.3 Å². The molecular weight excluding hydrogens is 124 g/mol. The lowest BCUT2D eigenvalue weighted by Gasteiger charge is -2.10. The van der Waals surface area contributed by atoms with Gasteiger partial charge in [-0.15, -0.1) is 0 Å². The van der Waals surface area contributed by atoms with Gasteiger partial charge in [0.25, 0.3) is 5.97 Å². The van der Waals surface area contributed by atoms with Crippen LogP contribution < -0.4 is 0 Å². The Morgan fingerprint density at radius 3 is 1.56 bits per heavy atom. The summed E-state index contributed by atoms with van der Waals surface area (Å²) in [4.78, 5) is 0. The van der Waals surface area contributed by atoms with Crippen molar-refractivity contribution in [2.45, 2.75) is 25.7 Å². The standard InChI is InChI=1S/C4H10O3.N2/c1-2-3-4(5,6)7;1-2/h5-7H,2-3H2,1H3;. The Kier molecular flexibility index (Phi) is 6.73. The van der Waals surface area contributed by atoms with Crippen LogP contribution in [0.2, 0.25) is 0 Å². The molecule has 0 amide bonds. The first kappa shape index (κ1) is 11.1. The van der Waals surface area contributed by atoms with Gasteiger partial charge in [-0.05, 0) is 6.42 Å². The van der Waals surface area contributed by atoms with Crippen molar-refractivity contribution in [3.8, 4) is 0 Å². The molecule has 0 radical (unpaired) electrons. The maximum absolute atomic E-state index is 8.13. The van der Waals surface area contributed by atoms with E-state index in [0.717, 1.165) is 0 Å². The Morgan fingerprint density at radius 1 is 1.22 bits per heavy atom. The Labute approximate surface area is 53.0 Å². The van der Waals surface area contributed by atoms with E-state index < -0.39 is 5.97 Å². The summed E-state index contributed by atoms with van der Waals surface area (Å²) in [6.45, 7) is 1.75. The minimum atomic E-state index is -2.45. The molecule has 0 saturated heterocycles. The summed E-state index contributed by atoms with van der Waals surface area (Å²) in [5.74, 6) is -2.45. The highest BCUT2D eigenvalue weighted by Gasteiger charge is 2.14. The summed E-state index contributed by atoms with van der Waals surface area (Å²) in [5, 5.41) is 36.4. The average molecular weight is 134 g/mol. The highest BCUT2D eigenvalue weighted by Crippen LogP contribution is 2.01. The molecule has 9 heavy (non-hydrogen) atoms. The Hall–Kier alpha value is -0.700. The highest BCUT2D eigenvalue weighted by molar-refractivity contribution is 4.41. The Bertz CT molecular complexity index is 75.6. The average Bonchev–Trinajstić information content (AvgIpc) is 1.69. The summed E-state index contributed by atoms with van der Waals surface area (Å²) < 4.78 is 0. The van der Waals surface area contributed by atoms with Crippen LogP contribution in [0.3, 0.4) is 0 Å². The van der Waals surface area contributed by atoms with E-state index in [0.29, 0.717) is 6.42 Å². The lowest BCUT2D eigenvalue weighted by molar-refractivity contribution is -0.314. The molecule has 0 aromatic carbocycles.